The van der Waals surface area contributed by atoms with Gasteiger partial charge >= 0.3 is 6.09 Å². The van der Waals surface area contributed by atoms with E-state index < -0.39 is 5.60 Å². The molecule has 0 aromatic carbocycles. The zero-order valence-electron chi connectivity index (χ0n) is 15.6. The van der Waals surface area contributed by atoms with Gasteiger partial charge in [-0.25, -0.2) is 4.79 Å². The number of hydrogen-bond donors (Lipinski definition) is 2. The van der Waals surface area contributed by atoms with Crippen LogP contribution in [0.3, 0.4) is 0 Å². The van der Waals surface area contributed by atoms with Crippen molar-refractivity contribution < 1.29 is 9.53 Å². The standard InChI is InChI=1S/C16H34N4O2.HI/c1-7-9-13-20(6)14(17-8-2)18-11-10-12-19-15(21)22-16(3,4)5;/h7-13H2,1-6H3,(H,17,18)(H,19,21);1H. The van der Waals surface area contributed by atoms with E-state index >= 15 is 0 Å². The van der Waals surface area contributed by atoms with Gasteiger partial charge in [0.25, 0.3) is 0 Å². The highest BCUT2D eigenvalue weighted by atomic mass is 127. The molecule has 2 N–H and O–H groups in total. The summed E-state index contributed by atoms with van der Waals surface area (Å²) in [7, 11) is 2.05. The summed E-state index contributed by atoms with van der Waals surface area (Å²) in [6.45, 7) is 12.9. The number of ether oxygens (including phenoxy) is 1. The number of guanidine groups is 1. The van der Waals surface area contributed by atoms with Crippen LogP contribution >= 0.6 is 24.0 Å². The molecule has 0 aliphatic heterocycles. The maximum Gasteiger partial charge on any atom is 0.407 e. The molecule has 0 aliphatic rings. The second-order valence-corrected chi connectivity index (χ2v) is 6.29. The van der Waals surface area contributed by atoms with Crippen LogP contribution in [-0.2, 0) is 4.74 Å². The van der Waals surface area contributed by atoms with E-state index in [0.29, 0.717) is 13.1 Å². The highest BCUT2D eigenvalue weighted by Gasteiger charge is 2.15. The Kier molecular flexibility index (Phi) is 14.6. The van der Waals surface area contributed by atoms with E-state index in [9.17, 15) is 4.79 Å². The number of nitrogens with zero attached hydrogens (tertiary/aromatic N) is 2. The molecule has 0 fully saturated rings. The van der Waals surface area contributed by atoms with E-state index in [4.69, 9.17) is 4.74 Å². The Bertz CT molecular complexity index is 343. The average Bonchev–Trinajstić information content (AvgIpc) is 2.41. The first-order chi connectivity index (χ1) is 10.3. The first kappa shape index (κ1) is 24.5. The van der Waals surface area contributed by atoms with Gasteiger partial charge in [0.05, 0.1) is 0 Å². The van der Waals surface area contributed by atoms with Crippen LogP contribution in [0.25, 0.3) is 0 Å². The largest absolute Gasteiger partial charge is 0.444 e. The van der Waals surface area contributed by atoms with Crippen molar-refractivity contribution in [3.05, 3.63) is 0 Å². The second kappa shape index (κ2) is 13.7. The second-order valence-electron chi connectivity index (χ2n) is 6.29. The highest BCUT2D eigenvalue weighted by Crippen LogP contribution is 2.06. The minimum Gasteiger partial charge on any atom is -0.444 e. The summed E-state index contributed by atoms with van der Waals surface area (Å²) < 4.78 is 5.18. The lowest BCUT2D eigenvalue weighted by molar-refractivity contribution is 0.0527. The van der Waals surface area contributed by atoms with Crippen LogP contribution in [-0.4, -0.2) is 55.8 Å². The van der Waals surface area contributed by atoms with Gasteiger partial charge in [0.2, 0.25) is 0 Å². The SMILES string of the molecule is CCCCN(C)C(=NCCCNC(=O)OC(C)(C)C)NCC.I. The molecule has 0 rings (SSSR count). The molecule has 7 heteroatoms. The van der Waals surface area contributed by atoms with Gasteiger partial charge in [-0.3, -0.25) is 4.99 Å². The molecule has 0 saturated heterocycles. The number of halogens is 1. The van der Waals surface area contributed by atoms with Crippen LogP contribution in [0, 0.1) is 0 Å². The average molecular weight is 442 g/mol. The van der Waals surface area contributed by atoms with Crippen molar-refractivity contribution in [2.24, 2.45) is 4.99 Å². The normalized spacial score (nSPS) is 11.5. The van der Waals surface area contributed by atoms with Crippen molar-refractivity contribution in [1.29, 1.82) is 0 Å². The Balaban J connectivity index is 0. The molecule has 0 aromatic heterocycles. The molecule has 138 valence electrons. The third-order valence-electron chi connectivity index (χ3n) is 2.81. The molecule has 6 nitrogen and oxygen atoms in total. The summed E-state index contributed by atoms with van der Waals surface area (Å²) in [5.41, 5.74) is -0.456. The Morgan fingerprint density at radius 1 is 1.17 bits per heavy atom. The number of unbranched alkanes of at least 4 members (excludes halogenated alkanes) is 1. The summed E-state index contributed by atoms with van der Waals surface area (Å²) in [5, 5.41) is 6.03. The lowest BCUT2D eigenvalue weighted by Crippen LogP contribution is -2.39. The van der Waals surface area contributed by atoms with Gasteiger partial charge in [0, 0.05) is 33.2 Å². The topological polar surface area (TPSA) is 66.0 Å². The zero-order valence-corrected chi connectivity index (χ0v) is 17.9. The molecule has 0 heterocycles. The van der Waals surface area contributed by atoms with Crippen LogP contribution in [0.2, 0.25) is 0 Å². The van der Waals surface area contributed by atoms with Crippen molar-refractivity contribution in [3.63, 3.8) is 0 Å². The maximum absolute atomic E-state index is 11.5. The summed E-state index contributed by atoms with van der Waals surface area (Å²) in [6.07, 6.45) is 2.74. The maximum atomic E-state index is 11.5. The molecule has 1 amide bonds. The smallest absolute Gasteiger partial charge is 0.407 e. The van der Waals surface area contributed by atoms with Crippen molar-refractivity contribution in [2.75, 3.05) is 33.2 Å². The minimum absolute atomic E-state index is 0. The van der Waals surface area contributed by atoms with Crippen LogP contribution in [0.5, 0.6) is 0 Å². The van der Waals surface area contributed by atoms with Crippen molar-refractivity contribution in [2.45, 2.75) is 59.5 Å². The molecule has 0 radical (unpaired) electrons. The van der Waals surface area contributed by atoms with Crippen LogP contribution in [0.1, 0.15) is 53.9 Å². The van der Waals surface area contributed by atoms with Crippen LogP contribution in [0.4, 0.5) is 4.79 Å². The van der Waals surface area contributed by atoms with Gasteiger partial charge in [-0.15, -0.1) is 24.0 Å². The molecular weight excluding hydrogens is 407 g/mol. The molecule has 23 heavy (non-hydrogen) atoms. The predicted molar refractivity (Wildman–Crippen MR) is 108 cm³/mol. The minimum atomic E-state index is -0.456. The third kappa shape index (κ3) is 14.6. The number of nitrogens with one attached hydrogen (secondary N) is 2. The van der Waals surface area contributed by atoms with Crippen molar-refractivity contribution in [3.8, 4) is 0 Å². The van der Waals surface area contributed by atoms with Crippen LogP contribution < -0.4 is 10.6 Å². The van der Waals surface area contributed by atoms with E-state index in [1.807, 2.05) is 20.8 Å². The van der Waals surface area contributed by atoms with E-state index in [2.05, 4.69) is 41.4 Å². The number of amides is 1. The monoisotopic (exact) mass is 442 g/mol. The number of carbonyl (C=O) groups excluding carboxylic acids is 1. The van der Waals surface area contributed by atoms with E-state index in [0.717, 1.165) is 31.9 Å². The van der Waals surface area contributed by atoms with Crippen LogP contribution in [0.15, 0.2) is 4.99 Å². The molecular formula is C16H35IN4O2. The molecule has 0 unspecified atom stereocenters. The Morgan fingerprint density at radius 2 is 1.83 bits per heavy atom. The summed E-state index contributed by atoms with van der Waals surface area (Å²) in [5.74, 6) is 0.924. The van der Waals surface area contributed by atoms with Gasteiger partial charge in [0.1, 0.15) is 5.60 Å². The molecule has 0 bridgehead atoms. The van der Waals surface area contributed by atoms with Gasteiger partial charge in [-0.05, 0) is 40.5 Å². The number of alkyl carbamates (subject to hydrolysis) is 1. The van der Waals surface area contributed by atoms with E-state index in [1.165, 1.54) is 6.42 Å². The molecule has 0 atom stereocenters. The molecule has 0 aromatic rings. The Labute approximate surface area is 158 Å². The number of carbonyl (C=O) groups is 1. The fourth-order valence-corrected chi connectivity index (χ4v) is 1.74. The van der Waals surface area contributed by atoms with Crippen molar-refractivity contribution in [1.82, 2.24) is 15.5 Å². The molecule has 0 saturated carbocycles. The van der Waals surface area contributed by atoms with Gasteiger partial charge in [0.15, 0.2) is 5.96 Å². The van der Waals surface area contributed by atoms with E-state index in [-0.39, 0.29) is 30.1 Å². The first-order valence-corrected chi connectivity index (χ1v) is 8.26. The van der Waals surface area contributed by atoms with Crippen molar-refractivity contribution >= 4 is 36.0 Å². The number of rotatable bonds is 8. The predicted octanol–water partition coefficient (Wildman–Crippen LogP) is 3.22. The zero-order chi connectivity index (χ0) is 17.0. The van der Waals surface area contributed by atoms with Gasteiger partial charge in [-0.2, -0.15) is 0 Å². The molecule has 0 aliphatic carbocycles. The number of hydrogen-bond acceptors (Lipinski definition) is 3. The lowest BCUT2D eigenvalue weighted by Gasteiger charge is -2.22. The highest BCUT2D eigenvalue weighted by molar-refractivity contribution is 14.0. The summed E-state index contributed by atoms with van der Waals surface area (Å²) >= 11 is 0. The molecule has 0 spiro atoms. The number of aliphatic imine (C=N–C) groups is 1. The first-order valence-electron chi connectivity index (χ1n) is 8.26. The third-order valence-corrected chi connectivity index (χ3v) is 2.81. The lowest BCUT2D eigenvalue weighted by atomic mass is 10.2. The van der Waals surface area contributed by atoms with Gasteiger partial charge in [-0.1, -0.05) is 13.3 Å². The Hall–Kier alpha value is -0.730. The summed E-state index contributed by atoms with van der Waals surface area (Å²) in [4.78, 5) is 18.2. The van der Waals surface area contributed by atoms with E-state index in [1.54, 1.807) is 0 Å². The fraction of sp³-hybridized carbons (Fsp3) is 0.875. The Morgan fingerprint density at radius 3 is 2.35 bits per heavy atom. The quantitative estimate of drug-likeness (QED) is 0.262. The van der Waals surface area contributed by atoms with Gasteiger partial charge < -0.3 is 20.3 Å². The fourth-order valence-electron chi connectivity index (χ4n) is 1.74. The summed E-state index contributed by atoms with van der Waals surface area (Å²) in [6, 6.07) is 0.